The van der Waals surface area contributed by atoms with Gasteiger partial charge in [-0.05, 0) is 12.8 Å². The minimum Gasteiger partial charge on any atom is -0.460 e. The number of ether oxygens (including phenoxy) is 1. The van der Waals surface area contributed by atoms with Crippen LogP contribution in [0.3, 0.4) is 0 Å². The van der Waals surface area contributed by atoms with E-state index in [4.69, 9.17) is 4.74 Å². The highest BCUT2D eigenvalue weighted by Gasteiger charge is 2.58. The van der Waals surface area contributed by atoms with Crippen molar-refractivity contribution >= 4 is 11.9 Å². The van der Waals surface area contributed by atoms with Crippen LogP contribution in [0.5, 0.6) is 0 Å². The van der Waals surface area contributed by atoms with Gasteiger partial charge in [0.2, 0.25) is 0 Å². The Morgan fingerprint density at radius 1 is 1.75 bits per heavy atom. The van der Waals surface area contributed by atoms with Gasteiger partial charge in [0.1, 0.15) is 18.2 Å². The molecule has 1 N–H and O–H groups in total. The van der Waals surface area contributed by atoms with Crippen LogP contribution in [0.2, 0.25) is 0 Å². The Labute approximate surface area is 93.7 Å². The van der Waals surface area contributed by atoms with Crippen LogP contribution in [0.1, 0.15) is 19.3 Å². The summed E-state index contributed by atoms with van der Waals surface area (Å²) < 4.78 is 5.01. The number of carbonyl (C=O) groups is 2. The molecule has 2 atom stereocenters. The molecule has 5 nitrogen and oxygen atoms in total. The molecule has 0 aromatic heterocycles. The molecule has 0 aromatic rings. The first-order valence-electron chi connectivity index (χ1n) is 5.39. The summed E-state index contributed by atoms with van der Waals surface area (Å²) in [6.07, 6.45) is 1.94. The van der Waals surface area contributed by atoms with Gasteiger partial charge in [0.15, 0.2) is 0 Å². The van der Waals surface area contributed by atoms with Crippen molar-refractivity contribution in [3.8, 4) is 0 Å². The highest BCUT2D eigenvalue weighted by atomic mass is 16.5. The molecule has 88 valence electrons. The van der Waals surface area contributed by atoms with E-state index in [9.17, 15) is 14.7 Å². The fourth-order valence-electron chi connectivity index (χ4n) is 2.56. The first-order valence-corrected chi connectivity index (χ1v) is 5.39. The van der Waals surface area contributed by atoms with E-state index < -0.39 is 17.6 Å². The summed E-state index contributed by atoms with van der Waals surface area (Å²) in [5, 5.41) is 9.52. The quantitative estimate of drug-likeness (QED) is 0.535. The maximum atomic E-state index is 11.9. The summed E-state index contributed by atoms with van der Waals surface area (Å²) in [5.74, 6) is -0.775. The van der Waals surface area contributed by atoms with Crippen molar-refractivity contribution in [1.82, 2.24) is 4.90 Å². The fraction of sp³-hybridized carbons (Fsp3) is 0.636. The Morgan fingerprint density at radius 3 is 3.19 bits per heavy atom. The van der Waals surface area contributed by atoms with Gasteiger partial charge < -0.3 is 14.7 Å². The Morgan fingerprint density at radius 2 is 2.50 bits per heavy atom. The molecular formula is C11H15NO4. The van der Waals surface area contributed by atoms with Crippen molar-refractivity contribution in [1.29, 1.82) is 0 Å². The standard InChI is InChI=1S/C11H15NO4/c1-2-6-16-10(15)11-4-3-5-12(11)9(14)8(13)7-11/h2,8,13H,1,3-7H2/t8-,11+/m1/s1. The number of nitrogens with zero attached hydrogens (tertiary/aromatic N) is 1. The average molecular weight is 225 g/mol. The number of amides is 1. The Balaban J connectivity index is 2.19. The van der Waals surface area contributed by atoms with Gasteiger partial charge in [-0.3, -0.25) is 4.79 Å². The molecule has 0 aliphatic carbocycles. The van der Waals surface area contributed by atoms with Crippen molar-refractivity contribution in [2.24, 2.45) is 0 Å². The van der Waals surface area contributed by atoms with E-state index in [1.165, 1.54) is 11.0 Å². The summed E-state index contributed by atoms with van der Waals surface area (Å²) in [6, 6.07) is 0. The molecule has 16 heavy (non-hydrogen) atoms. The molecular weight excluding hydrogens is 210 g/mol. The van der Waals surface area contributed by atoms with Gasteiger partial charge in [-0.2, -0.15) is 0 Å². The maximum Gasteiger partial charge on any atom is 0.332 e. The first kappa shape index (κ1) is 11.1. The van der Waals surface area contributed by atoms with Gasteiger partial charge in [-0.15, -0.1) is 0 Å². The molecule has 0 radical (unpaired) electrons. The van der Waals surface area contributed by atoms with Crippen LogP contribution in [0, 0.1) is 0 Å². The Kier molecular flexibility index (Phi) is 2.71. The topological polar surface area (TPSA) is 66.8 Å². The lowest BCUT2D eigenvalue weighted by Gasteiger charge is -2.28. The summed E-state index contributed by atoms with van der Waals surface area (Å²) in [5.41, 5.74) is -0.917. The summed E-state index contributed by atoms with van der Waals surface area (Å²) >= 11 is 0. The number of aliphatic hydroxyl groups excluding tert-OH is 1. The number of esters is 1. The van der Waals surface area contributed by atoms with E-state index in [1.807, 2.05) is 0 Å². The molecule has 0 aromatic carbocycles. The zero-order valence-electron chi connectivity index (χ0n) is 9.02. The molecule has 5 heteroatoms. The van der Waals surface area contributed by atoms with Crippen LogP contribution in [-0.4, -0.2) is 46.7 Å². The molecule has 1 amide bonds. The van der Waals surface area contributed by atoms with Gasteiger partial charge in [0.25, 0.3) is 5.91 Å². The van der Waals surface area contributed by atoms with Crippen LogP contribution >= 0.6 is 0 Å². The zero-order chi connectivity index (χ0) is 11.8. The lowest BCUT2D eigenvalue weighted by atomic mass is 9.93. The lowest BCUT2D eigenvalue weighted by molar-refractivity contribution is -0.156. The van der Waals surface area contributed by atoms with Gasteiger partial charge in [0.05, 0.1) is 0 Å². The number of rotatable bonds is 3. The molecule has 2 saturated heterocycles. The lowest BCUT2D eigenvalue weighted by Crippen LogP contribution is -2.48. The van der Waals surface area contributed by atoms with E-state index in [0.717, 1.165) is 6.42 Å². The number of fused-ring (bicyclic) bond motifs is 1. The smallest absolute Gasteiger partial charge is 0.332 e. The Hall–Kier alpha value is -1.36. The van der Waals surface area contributed by atoms with Crippen LogP contribution in [-0.2, 0) is 14.3 Å². The zero-order valence-corrected chi connectivity index (χ0v) is 9.02. The largest absolute Gasteiger partial charge is 0.460 e. The second-order valence-corrected chi connectivity index (χ2v) is 4.23. The second kappa shape index (κ2) is 3.90. The van der Waals surface area contributed by atoms with Crippen LogP contribution in [0.4, 0.5) is 0 Å². The van der Waals surface area contributed by atoms with E-state index in [0.29, 0.717) is 13.0 Å². The molecule has 2 rings (SSSR count). The average Bonchev–Trinajstić information content (AvgIpc) is 2.77. The van der Waals surface area contributed by atoms with E-state index >= 15 is 0 Å². The maximum absolute atomic E-state index is 11.9. The van der Waals surface area contributed by atoms with Crippen LogP contribution < -0.4 is 0 Å². The normalized spacial score (nSPS) is 32.7. The summed E-state index contributed by atoms with van der Waals surface area (Å²) in [4.78, 5) is 25.0. The first-order chi connectivity index (χ1) is 7.62. The Bertz CT molecular complexity index is 341. The van der Waals surface area contributed by atoms with Gasteiger partial charge in [-0.1, -0.05) is 12.7 Å². The van der Waals surface area contributed by atoms with Gasteiger partial charge >= 0.3 is 5.97 Å². The monoisotopic (exact) mass is 225 g/mol. The van der Waals surface area contributed by atoms with Crippen molar-refractivity contribution in [2.45, 2.75) is 30.9 Å². The van der Waals surface area contributed by atoms with Crippen molar-refractivity contribution in [3.63, 3.8) is 0 Å². The van der Waals surface area contributed by atoms with E-state index in [2.05, 4.69) is 6.58 Å². The van der Waals surface area contributed by atoms with Crippen LogP contribution in [0.15, 0.2) is 12.7 Å². The highest BCUT2D eigenvalue weighted by Crippen LogP contribution is 2.40. The number of hydrogen-bond acceptors (Lipinski definition) is 4. The van der Waals surface area contributed by atoms with Crippen molar-refractivity contribution < 1.29 is 19.4 Å². The minimum atomic E-state index is -1.06. The third-order valence-corrected chi connectivity index (χ3v) is 3.28. The molecule has 0 bridgehead atoms. The molecule has 0 saturated carbocycles. The number of carbonyl (C=O) groups excluding carboxylic acids is 2. The summed E-state index contributed by atoms with van der Waals surface area (Å²) in [6.45, 7) is 4.13. The molecule has 2 aliphatic heterocycles. The molecule has 2 fully saturated rings. The van der Waals surface area contributed by atoms with Crippen molar-refractivity contribution in [2.75, 3.05) is 13.2 Å². The highest BCUT2D eigenvalue weighted by molar-refractivity contribution is 5.94. The fourth-order valence-corrected chi connectivity index (χ4v) is 2.56. The predicted octanol–water partition coefficient (Wildman–Crippen LogP) is -0.159. The van der Waals surface area contributed by atoms with Crippen LogP contribution in [0.25, 0.3) is 0 Å². The molecule has 0 unspecified atom stereocenters. The molecule has 2 aliphatic rings. The molecule has 0 spiro atoms. The third kappa shape index (κ3) is 1.43. The second-order valence-electron chi connectivity index (χ2n) is 4.23. The summed E-state index contributed by atoms with van der Waals surface area (Å²) in [7, 11) is 0. The number of hydrogen-bond donors (Lipinski definition) is 1. The van der Waals surface area contributed by atoms with E-state index in [1.54, 1.807) is 0 Å². The SMILES string of the molecule is C=CCOC(=O)[C@@]12CCCN1C(=O)[C@H](O)C2. The minimum absolute atomic E-state index is 0.138. The predicted molar refractivity (Wildman–Crippen MR) is 55.5 cm³/mol. The van der Waals surface area contributed by atoms with Gasteiger partial charge in [-0.25, -0.2) is 4.79 Å². The third-order valence-electron chi connectivity index (χ3n) is 3.28. The van der Waals surface area contributed by atoms with E-state index in [-0.39, 0.29) is 18.9 Å². The van der Waals surface area contributed by atoms with Gasteiger partial charge in [0, 0.05) is 13.0 Å². The van der Waals surface area contributed by atoms with Crippen molar-refractivity contribution in [3.05, 3.63) is 12.7 Å². The number of aliphatic hydroxyl groups is 1. The molecule has 2 heterocycles.